The van der Waals surface area contributed by atoms with E-state index in [1.165, 1.54) is 4.72 Å². The van der Waals surface area contributed by atoms with Gasteiger partial charge in [-0.25, -0.2) is 4.79 Å². The largest absolute Gasteiger partial charge is 0.516 e. The number of nitrogens with two attached hydrogens (primary N) is 1. The zero-order valence-electron chi connectivity index (χ0n) is 13.9. The highest BCUT2D eigenvalue weighted by atomic mass is 35.5. The highest BCUT2D eigenvalue weighted by molar-refractivity contribution is 7.93. The molecule has 0 saturated carbocycles. The van der Waals surface area contributed by atoms with Gasteiger partial charge in [-0.3, -0.25) is 9.29 Å². The molecular formula is C12H17ClF3N2O7PS. The first kappa shape index (κ1) is 25.6. The van der Waals surface area contributed by atoms with E-state index in [1.807, 2.05) is 0 Å². The van der Waals surface area contributed by atoms with Gasteiger partial charge in [-0.05, 0) is 24.6 Å². The summed E-state index contributed by atoms with van der Waals surface area (Å²) in [4.78, 5) is 27.9. The van der Waals surface area contributed by atoms with Crippen molar-refractivity contribution < 1.29 is 45.5 Å². The minimum Gasteiger partial charge on any atom is -0.465 e. The first-order valence-corrected chi connectivity index (χ1v) is 10.4. The van der Waals surface area contributed by atoms with Crippen LogP contribution < -0.4 is 10.5 Å². The Hall–Kier alpha value is -1.37. The minimum atomic E-state index is -5.63. The summed E-state index contributed by atoms with van der Waals surface area (Å²) in [6, 6.07) is 3.04. The molecule has 1 atom stereocenters. The number of sulfonamides is 1. The lowest BCUT2D eigenvalue weighted by molar-refractivity contribution is -0.0429. The topological polar surface area (TPSA) is 156 Å². The zero-order chi connectivity index (χ0) is 21.6. The van der Waals surface area contributed by atoms with Gasteiger partial charge >= 0.3 is 29.1 Å². The second-order valence-electron chi connectivity index (χ2n) is 4.80. The molecule has 0 radical (unpaired) electrons. The molecule has 9 nitrogen and oxygen atoms in total. The summed E-state index contributed by atoms with van der Waals surface area (Å²) in [5.41, 5.74) is -1.52. The number of halogens is 4. The summed E-state index contributed by atoms with van der Waals surface area (Å²) in [5, 5.41) is 0.0374. The van der Waals surface area contributed by atoms with Crippen molar-refractivity contribution in [3.05, 3.63) is 28.8 Å². The molecule has 1 aromatic rings. The number of rotatable bonds is 5. The van der Waals surface area contributed by atoms with Crippen LogP contribution in [0.1, 0.15) is 23.7 Å². The van der Waals surface area contributed by atoms with E-state index in [9.17, 15) is 30.9 Å². The van der Waals surface area contributed by atoms with Gasteiger partial charge in [0, 0.05) is 5.02 Å². The Kier molecular flexibility index (Phi) is 9.22. The van der Waals surface area contributed by atoms with Crippen LogP contribution in [0.3, 0.4) is 0 Å². The molecule has 1 rings (SSSR count). The van der Waals surface area contributed by atoms with Crippen molar-refractivity contribution >= 4 is 40.9 Å². The van der Waals surface area contributed by atoms with Gasteiger partial charge in [-0.15, -0.1) is 0 Å². The van der Waals surface area contributed by atoms with Gasteiger partial charge in [0.25, 0.3) is 0 Å². The third-order valence-electron chi connectivity index (χ3n) is 2.79. The van der Waals surface area contributed by atoms with Gasteiger partial charge in [0.1, 0.15) is 5.78 Å². The van der Waals surface area contributed by atoms with Crippen LogP contribution in [-0.2, 0) is 19.3 Å². The maximum absolute atomic E-state index is 12.2. The number of benzene rings is 1. The molecule has 0 heterocycles. The molecule has 156 valence electrons. The molecule has 1 unspecified atom stereocenters. The molecule has 15 heteroatoms. The number of hydrogen-bond acceptors (Lipinski definition) is 6. The van der Waals surface area contributed by atoms with Crippen LogP contribution >= 0.6 is 19.2 Å². The smallest absolute Gasteiger partial charge is 0.465 e. The predicted octanol–water partition coefficient (Wildman–Crippen LogP) is 2.25. The quantitative estimate of drug-likeness (QED) is 0.388. The number of anilines is 1. The second-order valence-corrected chi connectivity index (χ2v) is 8.75. The van der Waals surface area contributed by atoms with Crippen molar-refractivity contribution in [2.45, 2.75) is 24.6 Å². The van der Waals surface area contributed by atoms with Crippen molar-refractivity contribution in [2.75, 3.05) is 11.8 Å². The van der Waals surface area contributed by atoms with Gasteiger partial charge in [-0.1, -0.05) is 18.5 Å². The molecule has 0 bridgehead atoms. The van der Waals surface area contributed by atoms with Crippen LogP contribution in [0.5, 0.6) is 0 Å². The van der Waals surface area contributed by atoms with E-state index in [-0.39, 0.29) is 5.02 Å². The Labute approximate surface area is 157 Å². The van der Waals surface area contributed by atoms with Crippen molar-refractivity contribution in [3.8, 4) is 0 Å². The number of methoxy groups -OCH3 is 1. The molecule has 27 heavy (non-hydrogen) atoms. The molecule has 0 aliphatic heterocycles. The van der Waals surface area contributed by atoms with Crippen LogP contribution in [-0.4, -0.2) is 42.6 Å². The van der Waals surface area contributed by atoms with E-state index in [0.717, 1.165) is 25.3 Å². The van der Waals surface area contributed by atoms with Crippen LogP contribution in [0, 0.1) is 0 Å². The lowest BCUT2D eigenvalue weighted by Crippen LogP contribution is -2.30. The maximum Gasteiger partial charge on any atom is 0.516 e. The third kappa shape index (κ3) is 8.03. The van der Waals surface area contributed by atoms with Gasteiger partial charge in [0.15, 0.2) is 0 Å². The number of ether oxygens (including phenoxy) is 1. The third-order valence-corrected chi connectivity index (χ3v) is 5.35. The van der Waals surface area contributed by atoms with E-state index >= 15 is 0 Å². The molecule has 5 N–H and O–H groups in total. The highest BCUT2D eigenvalue weighted by Crippen LogP contribution is 2.39. The number of hydrogen-bond donors (Lipinski definition) is 4. The van der Waals surface area contributed by atoms with Crippen LogP contribution in [0.25, 0.3) is 0 Å². The van der Waals surface area contributed by atoms with E-state index in [4.69, 9.17) is 27.1 Å². The molecule has 0 spiro atoms. The zero-order valence-corrected chi connectivity index (χ0v) is 16.4. The summed E-state index contributed by atoms with van der Waals surface area (Å²) >= 11 is 5.57. The van der Waals surface area contributed by atoms with E-state index in [1.54, 1.807) is 6.92 Å². The van der Waals surface area contributed by atoms with Crippen LogP contribution in [0.2, 0.25) is 5.02 Å². The number of carbonyl (C=O) groups is 1. The van der Waals surface area contributed by atoms with E-state index in [2.05, 4.69) is 4.74 Å². The molecule has 1 aromatic carbocycles. The Morgan fingerprint density at radius 3 is 2.26 bits per heavy atom. The standard InChI is InChI=1S/C9H7ClF3NO4S.C3H10NO3P/c1-18-8(15)6-4-5(10)2-3-7(6)14-19(16,17)9(11,12)13;1-2-3(4)8(5,6)7/h2-4,14H,1H3;3H,2,4H2,1H3,(H2,5,6,7). The lowest BCUT2D eigenvalue weighted by atomic mass is 10.2. The Morgan fingerprint density at radius 2 is 1.93 bits per heavy atom. The molecule has 0 fully saturated rings. The average molecular weight is 457 g/mol. The van der Waals surface area contributed by atoms with Crippen molar-refractivity contribution in [2.24, 2.45) is 5.73 Å². The molecule has 0 saturated heterocycles. The maximum atomic E-state index is 12.2. The van der Waals surface area contributed by atoms with Crippen molar-refractivity contribution in [1.82, 2.24) is 0 Å². The van der Waals surface area contributed by atoms with Gasteiger partial charge in [0.05, 0.1) is 18.4 Å². The predicted molar refractivity (Wildman–Crippen MR) is 91.7 cm³/mol. The van der Waals surface area contributed by atoms with Crippen LogP contribution in [0.4, 0.5) is 18.9 Å². The number of esters is 1. The molecule has 0 amide bonds. The Bertz CT molecular complexity index is 814. The van der Waals surface area contributed by atoms with Gasteiger partial charge in [0.2, 0.25) is 0 Å². The Balaban J connectivity index is 0.000000713. The molecule has 0 aliphatic carbocycles. The highest BCUT2D eigenvalue weighted by Gasteiger charge is 2.46. The number of carbonyl (C=O) groups excluding carboxylic acids is 1. The molecule has 0 aliphatic rings. The second kappa shape index (κ2) is 9.71. The summed E-state index contributed by atoms with van der Waals surface area (Å²) in [6.07, 6.45) is 0.310. The fourth-order valence-electron chi connectivity index (χ4n) is 1.32. The summed E-state index contributed by atoms with van der Waals surface area (Å²) in [7, 11) is -8.62. The first-order valence-electron chi connectivity index (χ1n) is 6.84. The monoisotopic (exact) mass is 456 g/mol. The van der Waals surface area contributed by atoms with Crippen LogP contribution in [0.15, 0.2) is 18.2 Å². The minimum absolute atomic E-state index is 0.0374. The normalized spacial score (nSPS) is 13.2. The van der Waals surface area contributed by atoms with Gasteiger partial charge in [-0.2, -0.15) is 21.6 Å². The van der Waals surface area contributed by atoms with Gasteiger partial charge < -0.3 is 20.3 Å². The SMILES string of the molecule is CCC(N)P(=O)(O)O.COC(=O)c1cc(Cl)ccc1NS(=O)(=O)C(F)(F)F. The average Bonchev–Trinajstić information content (AvgIpc) is 2.53. The Morgan fingerprint density at radius 1 is 1.41 bits per heavy atom. The summed E-state index contributed by atoms with van der Waals surface area (Å²) < 4.78 is 74.3. The molecule has 0 aromatic heterocycles. The number of alkyl halides is 3. The number of nitrogens with one attached hydrogen (secondary N) is 1. The van der Waals surface area contributed by atoms with E-state index in [0.29, 0.717) is 6.42 Å². The lowest BCUT2D eigenvalue weighted by Gasteiger charge is -2.13. The first-order chi connectivity index (χ1) is 12.1. The van der Waals surface area contributed by atoms with Crippen molar-refractivity contribution in [1.29, 1.82) is 0 Å². The van der Waals surface area contributed by atoms with Crippen molar-refractivity contribution in [3.63, 3.8) is 0 Å². The van der Waals surface area contributed by atoms with E-state index < -0.39 is 46.1 Å². The molecular weight excluding hydrogens is 440 g/mol. The summed E-state index contributed by atoms with van der Waals surface area (Å²) in [6.45, 7) is 1.63. The summed E-state index contributed by atoms with van der Waals surface area (Å²) in [5.74, 6) is -2.01. The fraction of sp³-hybridized carbons (Fsp3) is 0.417. The fourth-order valence-corrected chi connectivity index (χ4v) is 2.56.